The summed E-state index contributed by atoms with van der Waals surface area (Å²) in [5.41, 5.74) is 0. The van der Waals surface area contributed by atoms with Gasteiger partial charge in [0.1, 0.15) is 0 Å². The first-order valence-corrected chi connectivity index (χ1v) is 5.97. The Morgan fingerprint density at radius 3 is 1.65 bits per heavy atom. The molecule has 26 heavy (non-hydrogen) atoms. The van der Waals surface area contributed by atoms with Crippen LogP contribution in [0.5, 0.6) is 0 Å². The molecule has 4 nitrogen and oxygen atoms in total. The highest BCUT2D eigenvalue weighted by Crippen LogP contribution is 2.60. The molecule has 152 valence electrons. The lowest BCUT2D eigenvalue weighted by Gasteiger charge is -2.51. The zero-order valence-corrected chi connectivity index (χ0v) is 11.8. The summed E-state index contributed by atoms with van der Waals surface area (Å²) in [5.74, 6) is -10.1. The lowest BCUT2D eigenvalue weighted by Crippen LogP contribution is -2.82. The number of halogens is 12. The van der Waals surface area contributed by atoms with Crippen molar-refractivity contribution in [1.29, 1.82) is 0 Å². The van der Waals surface area contributed by atoms with Crippen LogP contribution in [-0.2, 0) is 9.53 Å². The molecule has 1 aliphatic rings. The van der Waals surface area contributed by atoms with Crippen molar-refractivity contribution in [2.75, 3.05) is 6.54 Å². The highest BCUT2D eigenvalue weighted by Gasteiger charge is 2.90. The van der Waals surface area contributed by atoms with Crippen molar-refractivity contribution in [3.63, 3.8) is 0 Å². The van der Waals surface area contributed by atoms with Gasteiger partial charge in [0, 0.05) is 6.54 Å². The summed E-state index contributed by atoms with van der Waals surface area (Å²) in [6.07, 6.45) is -20.0. The minimum atomic E-state index is -7.09. The fourth-order valence-corrected chi connectivity index (χ4v) is 1.75. The lowest BCUT2D eigenvalue weighted by molar-refractivity contribution is -0.583. The fourth-order valence-electron chi connectivity index (χ4n) is 1.75. The molecule has 1 heterocycles. The zero-order valence-electron chi connectivity index (χ0n) is 11.8. The lowest BCUT2D eigenvalue weighted by atomic mass is 10.1. The highest BCUT2D eigenvalue weighted by molar-refractivity contribution is 5.86. The number of rotatable bonds is 4. The standard InChI is InChI=1S/C10H6F12N2O2/c1-2-3-23-4(25)5(11,6(12,13)14)24-7(15,16)9(19,20)26-10(21,22)8(24,17)18/h2H,1,3H2,(H,23,25)/t5-/m0/s1. The first-order valence-electron chi connectivity index (χ1n) is 5.97. The minimum Gasteiger partial charge on any atom is -0.348 e. The number of carbonyl (C=O) groups excluding carboxylic acids is 1. The number of hydrogen-bond donors (Lipinski definition) is 1. The van der Waals surface area contributed by atoms with Crippen LogP contribution >= 0.6 is 0 Å². The van der Waals surface area contributed by atoms with Gasteiger partial charge in [0.25, 0.3) is 5.91 Å². The summed E-state index contributed by atoms with van der Waals surface area (Å²) in [6.45, 7) is 1.66. The van der Waals surface area contributed by atoms with Gasteiger partial charge < -0.3 is 5.32 Å². The number of morpholine rings is 1. The molecule has 0 aromatic heterocycles. The van der Waals surface area contributed by atoms with Gasteiger partial charge in [0.05, 0.1) is 0 Å². The average molecular weight is 414 g/mol. The van der Waals surface area contributed by atoms with Crippen molar-refractivity contribution in [2.24, 2.45) is 0 Å². The molecular weight excluding hydrogens is 408 g/mol. The van der Waals surface area contributed by atoms with Crippen molar-refractivity contribution in [2.45, 2.75) is 36.3 Å². The van der Waals surface area contributed by atoms with Crippen LogP contribution in [0.15, 0.2) is 12.7 Å². The van der Waals surface area contributed by atoms with E-state index in [0.717, 1.165) is 5.32 Å². The van der Waals surface area contributed by atoms with Gasteiger partial charge in [-0.3, -0.25) is 4.79 Å². The molecule has 0 aromatic rings. The quantitative estimate of drug-likeness (QED) is 0.437. The summed E-state index contributed by atoms with van der Waals surface area (Å²) >= 11 is 0. The van der Waals surface area contributed by atoms with Crippen LogP contribution in [0.3, 0.4) is 0 Å². The van der Waals surface area contributed by atoms with E-state index in [9.17, 15) is 57.5 Å². The molecule has 0 aliphatic carbocycles. The van der Waals surface area contributed by atoms with Gasteiger partial charge in [-0.1, -0.05) is 6.08 Å². The smallest absolute Gasteiger partial charge is 0.348 e. The SMILES string of the molecule is C=CCNC(=O)[C@](F)(N1C(F)(F)C(F)(F)OC(F)(F)C1(F)F)C(F)(F)F. The Bertz CT molecular complexity index is 563. The van der Waals surface area contributed by atoms with Crippen LogP contribution < -0.4 is 5.32 Å². The van der Waals surface area contributed by atoms with E-state index < -0.39 is 53.6 Å². The normalized spacial score (nSPS) is 26.6. The topological polar surface area (TPSA) is 41.6 Å². The van der Waals surface area contributed by atoms with Crippen molar-refractivity contribution >= 4 is 5.91 Å². The molecule has 1 atom stereocenters. The second-order valence-corrected chi connectivity index (χ2v) is 4.67. The van der Waals surface area contributed by atoms with Gasteiger partial charge in [-0.05, 0) is 0 Å². The number of nitrogens with zero attached hydrogens (tertiary/aromatic N) is 1. The Hall–Kier alpha value is -1.71. The number of hydrogen-bond acceptors (Lipinski definition) is 3. The average Bonchev–Trinajstić information content (AvgIpc) is 2.40. The Balaban J connectivity index is 3.78. The van der Waals surface area contributed by atoms with Crippen molar-refractivity contribution in [1.82, 2.24) is 10.2 Å². The summed E-state index contributed by atoms with van der Waals surface area (Å²) in [6, 6.07) is -14.1. The molecule has 1 rings (SSSR count). The fraction of sp³-hybridized carbons (Fsp3) is 0.700. The van der Waals surface area contributed by atoms with Gasteiger partial charge in [0.2, 0.25) is 0 Å². The third kappa shape index (κ3) is 2.87. The van der Waals surface area contributed by atoms with Gasteiger partial charge in [-0.2, -0.15) is 48.3 Å². The molecule has 0 bridgehead atoms. The maximum atomic E-state index is 14.3. The largest absolute Gasteiger partial charge is 0.446 e. The van der Waals surface area contributed by atoms with Gasteiger partial charge in [0.15, 0.2) is 0 Å². The summed E-state index contributed by atoms with van der Waals surface area (Å²) in [7, 11) is 0. The molecule has 0 saturated carbocycles. The molecule has 1 amide bonds. The Morgan fingerprint density at radius 1 is 0.962 bits per heavy atom. The predicted molar refractivity (Wildman–Crippen MR) is 55.8 cm³/mol. The maximum absolute atomic E-state index is 14.3. The number of carbonyl (C=O) groups is 1. The van der Waals surface area contributed by atoms with Gasteiger partial charge >= 0.3 is 36.3 Å². The van der Waals surface area contributed by atoms with Crippen molar-refractivity contribution in [3.8, 4) is 0 Å². The van der Waals surface area contributed by atoms with Gasteiger partial charge in [-0.25, -0.2) is 9.13 Å². The molecule has 1 fully saturated rings. The highest BCUT2D eigenvalue weighted by atomic mass is 19.4. The third-order valence-corrected chi connectivity index (χ3v) is 2.91. The van der Waals surface area contributed by atoms with E-state index in [2.05, 4.69) is 6.58 Å². The number of alkyl halides is 12. The molecular formula is C10H6F12N2O2. The zero-order chi connectivity index (χ0) is 21.0. The third-order valence-electron chi connectivity index (χ3n) is 2.91. The minimum absolute atomic E-state index is 0.521. The van der Waals surface area contributed by atoms with Crippen LogP contribution in [-0.4, -0.2) is 53.6 Å². The second-order valence-electron chi connectivity index (χ2n) is 4.67. The maximum Gasteiger partial charge on any atom is 0.446 e. The van der Waals surface area contributed by atoms with Crippen LogP contribution in [0.4, 0.5) is 52.7 Å². The predicted octanol–water partition coefficient (Wildman–Crippen LogP) is 3.22. The Kier molecular flexibility index (Phi) is 5.07. The second kappa shape index (κ2) is 5.90. The van der Waals surface area contributed by atoms with E-state index in [1.165, 1.54) is 0 Å². The van der Waals surface area contributed by atoms with E-state index >= 15 is 0 Å². The molecule has 0 aromatic carbocycles. The monoisotopic (exact) mass is 414 g/mol. The summed E-state index contributed by atoms with van der Waals surface area (Å²) in [4.78, 5) is 7.73. The van der Waals surface area contributed by atoms with E-state index in [0.29, 0.717) is 6.08 Å². The van der Waals surface area contributed by atoms with E-state index in [4.69, 9.17) is 0 Å². The summed E-state index contributed by atoms with van der Waals surface area (Å²) in [5, 5.41) is 0.816. The van der Waals surface area contributed by atoms with E-state index in [1.54, 1.807) is 0 Å². The van der Waals surface area contributed by atoms with Crippen LogP contribution in [0.1, 0.15) is 0 Å². The molecule has 16 heteroatoms. The molecule has 0 unspecified atom stereocenters. The van der Waals surface area contributed by atoms with Gasteiger partial charge in [-0.15, -0.1) is 11.5 Å². The number of nitrogens with one attached hydrogen (secondary N) is 1. The Labute approximate surface area is 135 Å². The first-order chi connectivity index (χ1) is 11.3. The summed E-state index contributed by atoms with van der Waals surface area (Å²) < 4.78 is 161. The van der Waals surface area contributed by atoms with Crippen LogP contribution in [0, 0.1) is 0 Å². The number of amides is 1. The number of ether oxygens (including phenoxy) is 1. The molecule has 1 aliphatic heterocycles. The van der Waals surface area contributed by atoms with Crippen molar-refractivity contribution < 1.29 is 62.2 Å². The first kappa shape index (κ1) is 22.3. The van der Waals surface area contributed by atoms with Crippen LogP contribution in [0.25, 0.3) is 0 Å². The molecule has 1 N–H and O–H groups in total. The van der Waals surface area contributed by atoms with Crippen LogP contribution in [0.2, 0.25) is 0 Å². The van der Waals surface area contributed by atoms with E-state index in [-0.39, 0.29) is 0 Å². The van der Waals surface area contributed by atoms with Crippen molar-refractivity contribution in [3.05, 3.63) is 12.7 Å². The molecule has 1 saturated heterocycles. The molecule has 0 radical (unpaired) electrons. The Morgan fingerprint density at radius 2 is 1.35 bits per heavy atom. The van der Waals surface area contributed by atoms with E-state index in [1.807, 2.05) is 4.74 Å². The molecule has 0 spiro atoms.